The molecule has 0 saturated heterocycles. The predicted octanol–water partition coefficient (Wildman–Crippen LogP) is 2.50. The number of anilines is 1. The van der Waals surface area contributed by atoms with Crippen molar-refractivity contribution in [2.24, 2.45) is 0 Å². The highest BCUT2D eigenvalue weighted by Gasteiger charge is 2.12. The van der Waals surface area contributed by atoms with E-state index in [1.54, 1.807) is 12.1 Å². The second kappa shape index (κ2) is 5.14. The number of fused-ring (bicyclic) bond motifs is 1. The van der Waals surface area contributed by atoms with Crippen LogP contribution in [0.25, 0.3) is 16.9 Å². The van der Waals surface area contributed by atoms with Gasteiger partial charge in [0.05, 0.1) is 11.3 Å². The average molecular weight is 297 g/mol. The van der Waals surface area contributed by atoms with Gasteiger partial charge in [0.25, 0.3) is 0 Å². The van der Waals surface area contributed by atoms with Crippen molar-refractivity contribution in [2.75, 3.05) is 5.32 Å². The summed E-state index contributed by atoms with van der Waals surface area (Å²) in [4.78, 5) is 14.8. The second-order valence-electron chi connectivity index (χ2n) is 4.40. The summed E-state index contributed by atoms with van der Waals surface area (Å²) in [6, 6.07) is 8.86. The zero-order valence-electron chi connectivity index (χ0n) is 11.0. The molecule has 0 saturated carbocycles. The van der Waals surface area contributed by atoms with Gasteiger partial charge >= 0.3 is 6.09 Å². The van der Waals surface area contributed by atoms with Crippen molar-refractivity contribution in [3.05, 3.63) is 48.0 Å². The lowest BCUT2D eigenvalue weighted by atomic mass is 10.1. The van der Waals surface area contributed by atoms with Crippen LogP contribution in [0.15, 0.2) is 36.7 Å². The molecule has 0 radical (unpaired) electrons. The molecule has 1 aromatic carbocycles. The number of hydrogen-bond donors (Lipinski definition) is 2. The molecule has 0 atom stereocenters. The number of nitrogens with zero attached hydrogens (tertiary/aromatic N) is 4. The fourth-order valence-electron chi connectivity index (χ4n) is 2.09. The van der Waals surface area contributed by atoms with Crippen molar-refractivity contribution >= 4 is 17.4 Å². The molecule has 108 valence electrons. The minimum absolute atomic E-state index is 0.0709. The molecule has 2 heterocycles. The molecule has 2 N–H and O–H groups in total. The second-order valence-corrected chi connectivity index (χ2v) is 4.40. The minimum atomic E-state index is -1.22. The average Bonchev–Trinajstić information content (AvgIpc) is 2.94. The van der Waals surface area contributed by atoms with Crippen molar-refractivity contribution in [1.82, 2.24) is 14.6 Å². The first-order valence-electron chi connectivity index (χ1n) is 6.12. The molecular formula is C14H8FN5O2. The van der Waals surface area contributed by atoms with Crippen LogP contribution in [0, 0.1) is 17.1 Å². The standard InChI is InChI=1S/C14H8FN5O2/c15-11-3-8(1-2-9(11)6-16)12-4-10(19-14(21)22)5-13-17-7-18-20(12)13/h1-5,7,19H,(H,21,22). The van der Waals surface area contributed by atoms with Gasteiger partial charge in [-0.15, -0.1) is 0 Å². The first-order chi connectivity index (χ1) is 10.6. The van der Waals surface area contributed by atoms with Gasteiger partial charge in [-0.05, 0) is 18.2 Å². The smallest absolute Gasteiger partial charge is 0.409 e. The number of pyridine rings is 1. The highest BCUT2D eigenvalue weighted by molar-refractivity contribution is 5.85. The minimum Gasteiger partial charge on any atom is -0.465 e. The molecule has 0 aliphatic carbocycles. The Morgan fingerprint density at radius 2 is 2.18 bits per heavy atom. The van der Waals surface area contributed by atoms with Crippen LogP contribution in [0.1, 0.15) is 5.56 Å². The summed E-state index contributed by atoms with van der Waals surface area (Å²) < 4.78 is 15.2. The Morgan fingerprint density at radius 3 is 2.86 bits per heavy atom. The molecular weight excluding hydrogens is 289 g/mol. The van der Waals surface area contributed by atoms with E-state index in [1.165, 1.54) is 35.1 Å². The highest BCUT2D eigenvalue weighted by atomic mass is 19.1. The van der Waals surface area contributed by atoms with Crippen LogP contribution in [0.5, 0.6) is 0 Å². The first kappa shape index (κ1) is 13.5. The van der Waals surface area contributed by atoms with Crippen molar-refractivity contribution in [2.45, 2.75) is 0 Å². The van der Waals surface area contributed by atoms with Gasteiger partial charge in [0.2, 0.25) is 0 Å². The summed E-state index contributed by atoms with van der Waals surface area (Å²) in [5, 5.41) is 23.8. The number of carboxylic acid groups (broad SMARTS) is 1. The van der Waals surface area contributed by atoms with E-state index >= 15 is 0 Å². The van der Waals surface area contributed by atoms with Gasteiger partial charge in [0.15, 0.2) is 5.65 Å². The summed E-state index contributed by atoms with van der Waals surface area (Å²) in [6.07, 6.45) is 0.0875. The van der Waals surface area contributed by atoms with Crippen molar-refractivity contribution < 1.29 is 14.3 Å². The largest absolute Gasteiger partial charge is 0.465 e. The molecule has 22 heavy (non-hydrogen) atoms. The highest BCUT2D eigenvalue weighted by Crippen LogP contribution is 2.25. The number of amides is 1. The zero-order chi connectivity index (χ0) is 15.7. The van der Waals surface area contributed by atoms with E-state index in [0.717, 1.165) is 0 Å². The predicted molar refractivity (Wildman–Crippen MR) is 74.7 cm³/mol. The van der Waals surface area contributed by atoms with Crippen LogP contribution < -0.4 is 5.32 Å². The number of rotatable bonds is 2. The summed E-state index contributed by atoms with van der Waals surface area (Å²) in [5.74, 6) is -0.662. The monoisotopic (exact) mass is 297 g/mol. The van der Waals surface area contributed by atoms with Crippen LogP contribution in [-0.2, 0) is 0 Å². The molecule has 0 aliphatic heterocycles. The number of nitrogens with one attached hydrogen (secondary N) is 1. The van der Waals surface area contributed by atoms with Crippen molar-refractivity contribution in [3.63, 3.8) is 0 Å². The van der Waals surface area contributed by atoms with Gasteiger partial charge in [-0.3, -0.25) is 5.32 Å². The third-order valence-corrected chi connectivity index (χ3v) is 3.02. The third-order valence-electron chi connectivity index (χ3n) is 3.02. The number of aromatic nitrogens is 3. The molecule has 0 spiro atoms. The summed E-state index contributed by atoms with van der Waals surface area (Å²) in [5.41, 5.74) is 1.51. The third kappa shape index (κ3) is 2.31. The quantitative estimate of drug-likeness (QED) is 0.756. The van der Waals surface area contributed by atoms with Crippen LogP contribution >= 0.6 is 0 Å². The number of nitriles is 1. The van der Waals surface area contributed by atoms with Gasteiger partial charge < -0.3 is 5.11 Å². The number of hydrogen-bond acceptors (Lipinski definition) is 4. The van der Waals surface area contributed by atoms with E-state index < -0.39 is 11.9 Å². The molecule has 0 aliphatic rings. The van der Waals surface area contributed by atoms with Crippen LogP contribution in [0.2, 0.25) is 0 Å². The molecule has 3 aromatic rings. The molecule has 0 bridgehead atoms. The van der Waals surface area contributed by atoms with Gasteiger partial charge in [0.1, 0.15) is 18.2 Å². The summed E-state index contributed by atoms with van der Waals surface area (Å²) in [7, 11) is 0. The molecule has 3 rings (SSSR count). The number of benzene rings is 1. The van der Waals surface area contributed by atoms with E-state index in [4.69, 9.17) is 10.4 Å². The van der Waals surface area contributed by atoms with Gasteiger partial charge in [0, 0.05) is 17.3 Å². The maximum absolute atomic E-state index is 13.8. The normalized spacial score (nSPS) is 10.4. The van der Waals surface area contributed by atoms with E-state index in [9.17, 15) is 9.18 Å². The Labute approximate surface area is 123 Å². The molecule has 8 heteroatoms. The Kier molecular flexibility index (Phi) is 3.16. The maximum Gasteiger partial charge on any atom is 0.409 e. The topological polar surface area (TPSA) is 103 Å². The Hall–Kier alpha value is -3.47. The first-order valence-corrected chi connectivity index (χ1v) is 6.12. The summed E-state index contributed by atoms with van der Waals surface area (Å²) >= 11 is 0. The molecule has 0 unspecified atom stereocenters. The molecule has 0 fully saturated rings. The fourth-order valence-corrected chi connectivity index (χ4v) is 2.09. The number of halogens is 1. The van der Waals surface area contributed by atoms with E-state index in [2.05, 4.69) is 15.4 Å². The lowest BCUT2D eigenvalue weighted by Gasteiger charge is -2.08. The SMILES string of the molecule is N#Cc1ccc(-c2cc(NC(=O)O)cc3ncnn23)cc1F. The Morgan fingerprint density at radius 1 is 1.36 bits per heavy atom. The Balaban J connectivity index is 2.20. The van der Waals surface area contributed by atoms with Crippen LogP contribution in [0.3, 0.4) is 0 Å². The van der Waals surface area contributed by atoms with Gasteiger partial charge in [-0.2, -0.15) is 10.4 Å². The molecule has 1 amide bonds. The lowest BCUT2D eigenvalue weighted by Crippen LogP contribution is -2.08. The van der Waals surface area contributed by atoms with Crippen molar-refractivity contribution in [3.8, 4) is 17.3 Å². The maximum atomic E-state index is 13.8. The van der Waals surface area contributed by atoms with Crippen LogP contribution in [0.4, 0.5) is 14.9 Å². The number of carbonyl (C=O) groups is 1. The Bertz CT molecular complexity index is 929. The summed E-state index contributed by atoms with van der Waals surface area (Å²) in [6.45, 7) is 0. The molecule has 2 aromatic heterocycles. The molecule has 7 nitrogen and oxygen atoms in total. The van der Waals surface area contributed by atoms with Crippen molar-refractivity contribution in [1.29, 1.82) is 5.26 Å². The zero-order valence-corrected chi connectivity index (χ0v) is 11.0. The fraction of sp³-hybridized carbons (Fsp3) is 0. The van der Waals surface area contributed by atoms with E-state index in [0.29, 0.717) is 16.9 Å². The van der Waals surface area contributed by atoms with Gasteiger partial charge in [-0.1, -0.05) is 6.07 Å². The van der Waals surface area contributed by atoms with Crippen LogP contribution in [-0.4, -0.2) is 25.8 Å². The van der Waals surface area contributed by atoms with E-state index in [-0.39, 0.29) is 11.3 Å². The van der Waals surface area contributed by atoms with E-state index in [1.807, 2.05) is 0 Å². The lowest BCUT2D eigenvalue weighted by molar-refractivity contribution is 0.210. The van der Waals surface area contributed by atoms with Gasteiger partial charge in [-0.25, -0.2) is 18.7 Å².